The number of benzene rings is 1. The minimum atomic E-state index is -4.76. The molecule has 2 aromatic rings. The maximum absolute atomic E-state index is 12.5. The van der Waals surface area contributed by atoms with Gasteiger partial charge in [0.25, 0.3) is 0 Å². The molecule has 1 aliphatic carbocycles. The smallest absolute Gasteiger partial charge is 0.405 e. The number of alkyl halides is 3. The third-order valence-corrected chi connectivity index (χ3v) is 3.34. The van der Waals surface area contributed by atoms with E-state index in [0.717, 1.165) is 12.8 Å². The second kappa shape index (κ2) is 5.07. The van der Waals surface area contributed by atoms with Crippen molar-refractivity contribution < 1.29 is 22.4 Å². The lowest BCUT2D eigenvalue weighted by Gasteiger charge is -2.12. The number of nitrogens with zero attached hydrogens (tertiary/aromatic N) is 1. The van der Waals surface area contributed by atoms with Crippen LogP contribution in [0, 0.1) is 0 Å². The first kappa shape index (κ1) is 13.9. The lowest BCUT2D eigenvalue weighted by Crippen LogP contribution is -2.17. The van der Waals surface area contributed by atoms with Crippen LogP contribution in [0.25, 0.3) is 11.3 Å². The Balaban J connectivity index is 2.04. The molecule has 0 radical (unpaired) electrons. The first-order chi connectivity index (χ1) is 9.99. The molecule has 2 N–H and O–H groups in total. The van der Waals surface area contributed by atoms with Crippen molar-refractivity contribution in [2.75, 3.05) is 0 Å². The highest BCUT2D eigenvalue weighted by Gasteiger charge is 2.35. The van der Waals surface area contributed by atoms with E-state index >= 15 is 0 Å². The summed E-state index contributed by atoms with van der Waals surface area (Å²) in [6.07, 6.45) is -2.79. The number of ether oxygens (including phenoxy) is 1. The van der Waals surface area contributed by atoms with Crippen LogP contribution in [0.1, 0.15) is 30.1 Å². The van der Waals surface area contributed by atoms with Crippen molar-refractivity contribution in [1.82, 2.24) is 5.16 Å². The van der Waals surface area contributed by atoms with Gasteiger partial charge in [-0.3, -0.25) is 0 Å². The van der Waals surface area contributed by atoms with Gasteiger partial charge in [-0.05, 0) is 25.0 Å². The molecule has 0 bridgehead atoms. The summed E-state index contributed by atoms with van der Waals surface area (Å²) in [6.45, 7) is 0.158. The standard InChI is InChI=1S/C14H13F3N2O2/c15-14(16,17)20-11-4-2-1-3-9(11)12-10(7-18)13(21-19-12)8-5-6-8/h1-4,8H,5-7,18H2. The summed E-state index contributed by atoms with van der Waals surface area (Å²) in [5.74, 6) is 0.644. The largest absolute Gasteiger partial charge is 0.573 e. The van der Waals surface area contributed by atoms with E-state index in [4.69, 9.17) is 10.3 Å². The Morgan fingerprint density at radius 1 is 1.29 bits per heavy atom. The zero-order valence-corrected chi connectivity index (χ0v) is 11.0. The van der Waals surface area contributed by atoms with Gasteiger partial charge in [0.05, 0.1) is 0 Å². The van der Waals surface area contributed by atoms with Gasteiger partial charge in [-0.25, -0.2) is 0 Å². The molecule has 0 atom stereocenters. The molecule has 4 nitrogen and oxygen atoms in total. The molecule has 0 saturated heterocycles. The molecule has 1 aromatic carbocycles. The van der Waals surface area contributed by atoms with Crippen molar-refractivity contribution in [3.05, 3.63) is 35.6 Å². The first-order valence-corrected chi connectivity index (χ1v) is 6.53. The Bertz CT molecular complexity index is 648. The second-order valence-corrected chi connectivity index (χ2v) is 4.90. The molecule has 1 aromatic heterocycles. The Morgan fingerprint density at radius 2 is 2.00 bits per heavy atom. The highest BCUT2D eigenvalue weighted by atomic mass is 19.4. The first-order valence-electron chi connectivity index (χ1n) is 6.53. The topological polar surface area (TPSA) is 61.3 Å². The van der Waals surface area contributed by atoms with Crippen molar-refractivity contribution in [2.45, 2.75) is 31.7 Å². The van der Waals surface area contributed by atoms with Crippen LogP contribution in [-0.2, 0) is 6.54 Å². The fourth-order valence-electron chi connectivity index (χ4n) is 2.27. The normalized spacial score (nSPS) is 15.2. The van der Waals surface area contributed by atoms with Crippen molar-refractivity contribution >= 4 is 0 Å². The van der Waals surface area contributed by atoms with Crippen LogP contribution in [0.4, 0.5) is 13.2 Å². The van der Waals surface area contributed by atoms with E-state index in [9.17, 15) is 13.2 Å². The van der Waals surface area contributed by atoms with Crippen LogP contribution in [0.2, 0.25) is 0 Å². The molecule has 3 rings (SSSR count). The SMILES string of the molecule is NCc1c(-c2ccccc2OC(F)(F)F)noc1C1CC1. The Labute approximate surface area is 118 Å². The van der Waals surface area contributed by atoms with Crippen molar-refractivity contribution in [2.24, 2.45) is 5.73 Å². The van der Waals surface area contributed by atoms with Gasteiger partial charge in [0.2, 0.25) is 0 Å². The predicted octanol–water partition coefficient (Wildman–Crippen LogP) is 3.58. The minimum absolute atomic E-state index is 0.158. The van der Waals surface area contributed by atoms with Gasteiger partial charge in [-0.1, -0.05) is 17.3 Å². The lowest BCUT2D eigenvalue weighted by atomic mass is 10.0. The van der Waals surface area contributed by atoms with Gasteiger partial charge in [0.15, 0.2) is 0 Å². The maximum atomic E-state index is 12.5. The van der Waals surface area contributed by atoms with E-state index in [-0.39, 0.29) is 23.8 Å². The molecule has 0 aliphatic heterocycles. The Kier molecular flexibility index (Phi) is 3.36. The maximum Gasteiger partial charge on any atom is 0.573 e. The summed E-state index contributed by atoms with van der Waals surface area (Å²) < 4.78 is 46.7. The molecule has 112 valence electrons. The van der Waals surface area contributed by atoms with Crippen molar-refractivity contribution in [1.29, 1.82) is 0 Å². The molecular weight excluding hydrogens is 285 g/mol. The van der Waals surface area contributed by atoms with Crippen LogP contribution in [0.5, 0.6) is 5.75 Å². The van der Waals surface area contributed by atoms with E-state index in [2.05, 4.69) is 9.89 Å². The van der Waals surface area contributed by atoms with Gasteiger partial charge in [0.1, 0.15) is 17.2 Å². The molecule has 1 saturated carbocycles. The molecule has 1 aliphatic rings. The molecular formula is C14H13F3N2O2. The number of halogens is 3. The number of para-hydroxylation sites is 1. The molecule has 0 spiro atoms. The van der Waals surface area contributed by atoms with Gasteiger partial charge >= 0.3 is 6.36 Å². The van der Waals surface area contributed by atoms with E-state index < -0.39 is 6.36 Å². The average molecular weight is 298 g/mol. The monoisotopic (exact) mass is 298 g/mol. The average Bonchev–Trinajstić information content (AvgIpc) is 3.17. The highest BCUT2D eigenvalue weighted by molar-refractivity contribution is 5.70. The predicted molar refractivity (Wildman–Crippen MR) is 68.5 cm³/mol. The van der Waals surface area contributed by atoms with Gasteiger partial charge in [-0.15, -0.1) is 13.2 Å². The van der Waals surface area contributed by atoms with Crippen LogP contribution in [0.15, 0.2) is 28.8 Å². The number of hydrogen-bond donors (Lipinski definition) is 1. The van der Waals surface area contributed by atoms with E-state index in [1.807, 2.05) is 0 Å². The van der Waals surface area contributed by atoms with Crippen molar-refractivity contribution in [3.8, 4) is 17.0 Å². The van der Waals surface area contributed by atoms with E-state index in [1.54, 1.807) is 6.07 Å². The van der Waals surface area contributed by atoms with Gasteiger partial charge < -0.3 is 15.0 Å². The zero-order chi connectivity index (χ0) is 15.0. The fourth-order valence-corrected chi connectivity index (χ4v) is 2.27. The Hall–Kier alpha value is -2.02. The number of hydrogen-bond acceptors (Lipinski definition) is 4. The molecule has 7 heteroatoms. The summed E-state index contributed by atoms with van der Waals surface area (Å²) >= 11 is 0. The summed E-state index contributed by atoms with van der Waals surface area (Å²) in [7, 11) is 0. The highest BCUT2D eigenvalue weighted by Crippen LogP contribution is 2.45. The second-order valence-electron chi connectivity index (χ2n) is 4.90. The summed E-state index contributed by atoms with van der Waals surface area (Å²) in [4.78, 5) is 0. The third-order valence-electron chi connectivity index (χ3n) is 3.34. The van der Waals surface area contributed by atoms with Crippen LogP contribution >= 0.6 is 0 Å². The zero-order valence-electron chi connectivity index (χ0n) is 11.0. The third kappa shape index (κ3) is 2.87. The van der Waals surface area contributed by atoms with Crippen LogP contribution < -0.4 is 10.5 Å². The summed E-state index contributed by atoms with van der Waals surface area (Å²) in [6, 6.07) is 5.84. The molecule has 21 heavy (non-hydrogen) atoms. The number of aromatic nitrogens is 1. The minimum Gasteiger partial charge on any atom is -0.405 e. The van der Waals surface area contributed by atoms with Gasteiger partial charge in [-0.2, -0.15) is 0 Å². The van der Waals surface area contributed by atoms with E-state index in [1.165, 1.54) is 18.2 Å². The quantitative estimate of drug-likeness (QED) is 0.937. The van der Waals surface area contributed by atoms with Crippen molar-refractivity contribution in [3.63, 3.8) is 0 Å². The van der Waals surface area contributed by atoms with Gasteiger partial charge in [0, 0.05) is 23.6 Å². The van der Waals surface area contributed by atoms with E-state index in [0.29, 0.717) is 17.0 Å². The molecule has 1 heterocycles. The Morgan fingerprint density at radius 3 is 2.62 bits per heavy atom. The molecule has 1 fully saturated rings. The molecule has 0 amide bonds. The summed E-state index contributed by atoms with van der Waals surface area (Å²) in [5, 5.41) is 3.91. The lowest BCUT2D eigenvalue weighted by molar-refractivity contribution is -0.274. The number of rotatable bonds is 4. The summed E-state index contributed by atoms with van der Waals surface area (Å²) in [5.41, 5.74) is 6.91. The molecule has 0 unspecified atom stereocenters. The number of nitrogens with two attached hydrogens (primary N) is 1. The van der Waals surface area contributed by atoms with Crippen LogP contribution in [0.3, 0.4) is 0 Å². The van der Waals surface area contributed by atoms with Crippen LogP contribution in [-0.4, -0.2) is 11.5 Å². The fraction of sp³-hybridized carbons (Fsp3) is 0.357.